The normalized spacial score (nSPS) is 22.0. The Morgan fingerprint density at radius 3 is 2.84 bits per heavy atom. The Balaban J connectivity index is 1.94. The van der Waals surface area contributed by atoms with E-state index in [1.165, 1.54) is 19.3 Å². The first kappa shape index (κ1) is 12.2. The predicted octanol–water partition coefficient (Wildman–Crippen LogP) is 3.14. The highest BCUT2D eigenvalue weighted by molar-refractivity contribution is 6.05. The van der Waals surface area contributed by atoms with Gasteiger partial charge in [0.1, 0.15) is 0 Å². The van der Waals surface area contributed by atoms with Crippen molar-refractivity contribution in [2.24, 2.45) is 5.92 Å². The third-order valence-corrected chi connectivity index (χ3v) is 4.37. The Morgan fingerprint density at radius 2 is 2.21 bits per heavy atom. The van der Waals surface area contributed by atoms with Gasteiger partial charge in [0, 0.05) is 12.2 Å². The van der Waals surface area contributed by atoms with Gasteiger partial charge in [-0.05, 0) is 37.3 Å². The van der Waals surface area contributed by atoms with Crippen LogP contribution in [0.4, 0.5) is 5.69 Å². The second-order valence-corrected chi connectivity index (χ2v) is 5.72. The van der Waals surface area contributed by atoms with Crippen molar-refractivity contribution in [1.82, 2.24) is 0 Å². The molecule has 1 aliphatic heterocycles. The van der Waals surface area contributed by atoms with E-state index in [9.17, 15) is 4.79 Å². The Labute approximate surface area is 113 Å². The van der Waals surface area contributed by atoms with E-state index in [0.717, 1.165) is 23.4 Å². The van der Waals surface area contributed by atoms with E-state index < -0.39 is 0 Å². The summed E-state index contributed by atoms with van der Waals surface area (Å²) in [5, 5.41) is 8.94. The molecule has 0 saturated heterocycles. The predicted molar refractivity (Wildman–Crippen MR) is 73.8 cm³/mol. The molecule has 19 heavy (non-hydrogen) atoms. The number of nitrogens with zero attached hydrogens (tertiary/aromatic N) is 2. The van der Waals surface area contributed by atoms with Crippen LogP contribution < -0.4 is 4.90 Å². The Kier molecular flexibility index (Phi) is 3.02. The number of anilines is 1. The average Bonchev–Trinajstić information content (AvgIpc) is 2.58. The molecule has 2 aliphatic rings. The molecule has 1 fully saturated rings. The number of rotatable bonds is 3. The maximum absolute atomic E-state index is 12.5. The summed E-state index contributed by atoms with van der Waals surface area (Å²) in [7, 11) is 0. The third kappa shape index (κ3) is 2.02. The van der Waals surface area contributed by atoms with Gasteiger partial charge in [-0.3, -0.25) is 4.79 Å². The van der Waals surface area contributed by atoms with Gasteiger partial charge in [0.25, 0.3) is 0 Å². The molecule has 3 heteroatoms. The second-order valence-electron chi connectivity index (χ2n) is 5.72. The highest BCUT2D eigenvalue weighted by Gasteiger charge is 2.38. The Hall–Kier alpha value is -1.82. The molecule has 1 aliphatic carbocycles. The van der Waals surface area contributed by atoms with Crippen molar-refractivity contribution in [3.63, 3.8) is 0 Å². The van der Waals surface area contributed by atoms with Crippen LogP contribution in [0.15, 0.2) is 18.2 Å². The van der Waals surface area contributed by atoms with E-state index in [1.54, 1.807) is 0 Å². The molecule has 0 aromatic heterocycles. The van der Waals surface area contributed by atoms with E-state index >= 15 is 0 Å². The molecule has 3 rings (SSSR count). The highest BCUT2D eigenvalue weighted by Crippen LogP contribution is 2.41. The largest absolute Gasteiger partial charge is 0.311 e. The van der Waals surface area contributed by atoms with E-state index in [0.29, 0.717) is 5.92 Å². The fourth-order valence-corrected chi connectivity index (χ4v) is 3.05. The molecular weight excluding hydrogens is 236 g/mol. The average molecular weight is 254 g/mol. The molecule has 1 atom stereocenters. The fourth-order valence-electron chi connectivity index (χ4n) is 3.05. The van der Waals surface area contributed by atoms with Crippen LogP contribution >= 0.6 is 0 Å². The van der Waals surface area contributed by atoms with Crippen LogP contribution in [0.3, 0.4) is 0 Å². The molecule has 1 amide bonds. The summed E-state index contributed by atoms with van der Waals surface area (Å²) >= 11 is 0. The van der Waals surface area contributed by atoms with Crippen molar-refractivity contribution in [2.75, 3.05) is 11.4 Å². The van der Waals surface area contributed by atoms with E-state index in [2.05, 4.69) is 18.2 Å². The maximum atomic E-state index is 12.5. The van der Waals surface area contributed by atoms with Crippen LogP contribution in [0.5, 0.6) is 0 Å². The van der Waals surface area contributed by atoms with E-state index in [1.807, 2.05) is 17.9 Å². The highest BCUT2D eigenvalue weighted by atomic mass is 16.2. The van der Waals surface area contributed by atoms with Crippen molar-refractivity contribution in [2.45, 2.75) is 38.5 Å². The van der Waals surface area contributed by atoms with Crippen molar-refractivity contribution in [3.05, 3.63) is 29.3 Å². The monoisotopic (exact) mass is 254 g/mol. The van der Waals surface area contributed by atoms with Crippen LogP contribution in [0.25, 0.3) is 0 Å². The summed E-state index contributed by atoms with van der Waals surface area (Å²) < 4.78 is 0. The molecule has 0 bridgehead atoms. The van der Waals surface area contributed by atoms with Crippen LogP contribution in [-0.2, 0) is 4.79 Å². The van der Waals surface area contributed by atoms with E-state index in [4.69, 9.17) is 5.26 Å². The number of benzene rings is 1. The van der Waals surface area contributed by atoms with Crippen LogP contribution in [0.2, 0.25) is 0 Å². The van der Waals surface area contributed by atoms with Crippen molar-refractivity contribution in [1.29, 1.82) is 5.26 Å². The molecule has 0 spiro atoms. The zero-order valence-electron chi connectivity index (χ0n) is 11.2. The molecule has 0 radical (unpaired) electrons. The number of amides is 1. The SMILES string of the molecule is Cc1ccc2c(c1)[C@H](CC#N)C(=O)N2CC1CCC1. The molecular formula is C16H18N2O. The first-order chi connectivity index (χ1) is 9.20. The van der Waals surface area contributed by atoms with Crippen LogP contribution in [0.1, 0.15) is 42.7 Å². The zero-order valence-corrected chi connectivity index (χ0v) is 11.2. The molecule has 3 nitrogen and oxygen atoms in total. The minimum absolute atomic E-state index is 0.119. The Bertz CT molecular complexity index is 554. The lowest BCUT2D eigenvalue weighted by molar-refractivity contribution is -0.119. The van der Waals surface area contributed by atoms with Crippen molar-refractivity contribution < 1.29 is 4.79 Å². The fraction of sp³-hybridized carbons (Fsp3) is 0.500. The minimum atomic E-state index is -0.250. The van der Waals surface area contributed by atoms with Gasteiger partial charge < -0.3 is 4.90 Å². The molecule has 0 unspecified atom stereocenters. The van der Waals surface area contributed by atoms with Gasteiger partial charge in [-0.15, -0.1) is 0 Å². The van der Waals surface area contributed by atoms with Gasteiger partial charge in [0.2, 0.25) is 5.91 Å². The standard InChI is InChI=1S/C16H18N2O/c1-11-5-6-15-14(9-11)13(7-8-17)16(19)18(15)10-12-3-2-4-12/h5-6,9,12-13H,2-4,7,10H2,1H3/t13-/m0/s1. The molecule has 0 N–H and O–H groups in total. The van der Waals surface area contributed by atoms with Gasteiger partial charge >= 0.3 is 0 Å². The second kappa shape index (κ2) is 4.70. The third-order valence-electron chi connectivity index (χ3n) is 4.37. The summed E-state index contributed by atoms with van der Waals surface area (Å²) in [6.07, 6.45) is 4.04. The summed E-state index contributed by atoms with van der Waals surface area (Å²) in [6, 6.07) is 8.31. The first-order valence-electron chi connectivity index (χ1n) is 6.99. The van der Waals surface area contributed by atoms with Gasteiger partial charge in [-0.1, -0.05) is 24.1 Å². The lowest BCUT2D eigenvalue weighted by Crippen LogP contribution is -2.35. The summed E-state index contributed by atoms with van der Waals surface area (Å²) in [6.45, 7) is 2.86. The number of carbonyl (C=O) groups is 1. The topological polar surface area (TPSA) is 44.1 Å². The quantitative estimate of drug-likeness (QED) is 0.831. The lowest BCUT2D eigenvalue weighted by Gasteiger charge is -2.30. The molecule has 1 aromatic rings. The van der Waals surface area contributed by atoms with Gasteiger partial charge in [0.05, 0.1) is 18.4 Å². The van der Waals surface area contributed by atoms with Crippen LogP contribution in [0, 0.1) is 24.2 Å². The number of hydrogen-bond acceptors (Lipinski definition) is 2. The number of carbonyl (C=O) groups excluding carboxylic acids is 1. The number of hydrogen-bond donors (Lipinski definition) is 0. The summed E-state index contributed by atoms with van der Waals surface area (Å²) in [5.74, 6) is 0.521. The molecule has 1 saturated carbocycles. The van der Waals surface area contributed by atoms with Gasteiger partial charge in [-0.2, -0.15) is 5.26 Å². The maximum Gasteiger partial charge on any atom is 0.235 e. The first-order valence-corrected chi connectivity index (χ1v) is 6.99. The van der Waals surface area contributed by atoms with Gasteiger partial charge in [0.15, 0.2) is 0 Å². The zero-order chi connectivity index (χ0) is 13.4. The minimum Gasteiger partial charge on any atom is -0.311 e. The summed E-state index contributed by atoms with van der Waals surface area (Å²) in [5.41, 5.74) is 3.23. The van der Waals surface area contributed by atoms with Crippen molar-refractivity contribution in [3.8, 4) is 6.07 Å². The number of fused-ring (bicyclic) bond motifs is 1. The number of nitriles is 1. The summed E-state index contributed by atoms with van der Waals surface area (Å²) in [4.78, 5) is 14.4. The van der Waals surface area contributed by atoms with Crippen molar-refractivity contribution >= 4 is 11.6 Å². The number of aryl methyl sites for hydroxylation is 1. The molecule has 1 heterocycles. The molecule has 98 valence electrons. The Morgan fingerprint density at radius 1 is 1.42 bits per heavy atom. The van der Waals surface area contributed by atoms with E-state index in [-0.39, 0.29) is 18.2 Å². The van der Waals surface area contributed by atoms with Gasteiger partial charge in [-0.25, -0.2) is 0 Å². The smallest absolute Gasteiger partial charge is 0.235 e. The lowest BCUT2D eigenvalue weighted by atomic mass is 9.85. The van der Waals surface area contributed by atoms with Crippen LogP contribution in [-0.4, -0.2) is 12.5 Å². The molecule has 1 aromatic carbocycles.